The van der Waals surface area contributed by atoms with Gasteiger partial charge >= 0.3 is 0 Å². The maximum absolute atomic E-state index is 12.3. The van der Waals surface area contributed by atoms with Crippen LogP contribution in [-0.4, -0.2) is 83.7 Å². The molecule has 43 heavy (non-hydrogen) atoms. The highest BCUT2D eigenvalue weighted by atomic mass is 35.5. The quantitative estimate of drug-likeness (QED) is 0.240. The number of nitrogens with zero attached hydrogens (tertiary/aromatic N) is 5. The summed E-state index contributed by atoms with van der Waals surface area (Å²) in [7, 11) is 3.72. The lowest BCUT2D eigenvalue weighted by molar-refractivity contribution is -0.111. The molecule has 2 aromatic carbocycles. The Morgan fingerprint density at radius 3 is 2.77 bits per heavy atom. The summed E-state index contributed by atoms with van der Waals surface area (Å²) in [4.78, 5) is 26.3. The zero-order valence-corrected chi connectivity index (χ0v) is 25.3. The lowest BCUT2D eigenvalue weighted by Gasteiger charge is -2.32. The van der Waals surface area contributed by atoms with Crippen molar-refractivity contribution < 1.29 is 14.3 Å². The standard InChI is InChI=1S/C32H36ClN7O3/c1-4-29(41)35-26-17-25(27(42-3)18-28(26)43-16-15-39-13-11-38(2)12-14-39)36-32-34-19-24(33)30(37-32)23-20-40-10-6-8-21-7-5-9-22(23)31(21)40/h4-5,7,9,17-20H,1,6,8,10-16H2,2-3H3,(H,35,41)(H,34,36,37). The maximum Gasteiger partial charge on any atom is 0.247 e. The molecule has 1 amide bonds. The number of ether oxygens (including phenoxy) is 2. The summed E-state index contributed by atoms with van der Waals surface area (Å²) in [5, 5.41) is 7.70. The number of piperazine rings is 1. The number of likely N-dealkylation sites (N-methyl/N-ethyl adjacent to an activating group) is 1. The minimum absolute atomic E-state index is 0.342. The van der Waals surface area contributed by atoms with Crippen LogP contribution in [0, 0.1) is 0 Å². The SMILES string of the molecule is C=CC(=O)Nc1cc(Nc2ncc(Cl)c(-c3cn4c5c(cccc35)CCC4)n2)c(OC)cc1OCCN1CCN(C)CC1. The first-order chi connectivity index (χ1) is 20.9. The maximum atomic E-state index is 12.3. The normalized spacial score (nSPS) is 15.3. The number of halogens is 1. The molecule has 1 saturated heterocycles. The van der Waals surface area contributed by atoms with Gasteiger partial charge in [-0.2, -0.15) is 0 Å². The van der Waals surface area contributed by atoms with Crippen molar-refractivity contribution >= 4 is 45.7 Å². The summed E-state index contributed by atoms with van der Waals surface area (Å²) >= 11 is 6.67. The van der Waals surface area contributed by atoms with Gasteiger partial charge < -0.3 is 29.6 Å². The first-order valence-corrected chi connectivity index (χ1v) is 14.9. The number of rotatable bonds is 10. The third kappa shape index (κ3) is 6.17. The van der Waals surface area contributed by atoms with Gasteiger partial charge in [-0.3, -0.25) is 9.69 Å². The van der Waals surface area contributed by atoms with Gasteiger partial charge in [0.15, 0.2) is 0 Å². The molecule has 0 spiro atoms. The van der Waals surface area contributed by atoms with Crippen molar-refractivity contribution in [3.63, 3.8) is 0 Å². The molecule has 4 aromatic rings. The van der Waals surface area contributed by atoms with Gasteiger partial charge in [-0.05, 0) is 37.6 Å². The number of anilines is 3. The molecule has 6 rings (SSSR count). The number of amides is 1. The lowest BCUT2D eigenvalue weighted by Crippen LogP contribution is -2.45. The molecule has 2 aromatic heterocycles. The predicted octanol–water partition coefficient (Wildman–Crippen LogP) is 5.20. The molecule has 224 valence electrons. The van der Waals surface area contributed by atoms with E-state index < -0.39 is 0 Å². The molecule has 2 N–H and O–H groups in total. The zero-order valence-electron chi connectivity index (χ0n) is 24.5. The minimum Gasteiger partial charge on any atom is -0.494 e. The van der Waals surface area contributed by atoms with Crippen molar-refractivity contribution in [2.75, 3.05) is 64.1 Å². The second kappa shape index (κ2) is 12.6. The van der Waals surface area contributed by atoms with Crippen LogP contribution < -0.4 is 20.1 Å². The molecule has 0 saturated carbocycles. The van der Waals surface area contributed by atoms with Gasteiger partial charge in [-0.1, -0.05) is 36.4 Å². The number of hydrogen-bond acceptors (Lipinski definition) is 8. The highest BCUT2D eigenvalue weighted by Gasteiger charge is 2.21. The molecule has 4 heterocycles. The van der Waals surface area contributed by atoms with Crippen LogP contribution in [-0.2, 0) is 17.8 Å². The van der Waals surface area contributed by atoms with E-state index in [-0.39, 0.29) is 5.91 Å². The highest BCUT2D eigenvalue weighted by molar-refractivity contribution is 6.33. The number of aryl methyl sites for hydroxylation is 2. The van der Waals surface area contributed by atoms with Gasteiger partial charge in [0.05, 0.1) is 40.9 Å². The number of hydrogen-bond donors (Lipinski definition) is 2. The largest absolute Gasteiger partial charge is 0.494 e. The Kier molecular flexibility index (Phi) is 8.51. The van der Waals surface area contributed by atoms with Crippen molar-refractivity contribution in [1.82, 2.24) is 24.3 Å². The molecule has 2 aliphatic heterocycles. The van der Waals surface area contributed by atoms with Crippen LogP contribution >= 0.6 is 11.6 Å². The molecule has 0 radical (unpaired) electrons. The van der Waals surface area contributed by atoms with Crippen molar-refractivity contribution in [2.45, 2.75) is 19.4 Å². The van der Waals surface area contributed by atoms with E-state index in [0.29, 0.717) is 46.1 Å². The smallest absolute Gasteiger partial charge is 0.247 e. The summed E-state index contributed by atoms with van der Waals surface area (Å²) in [6, 6.07) is 9.90. The van der Waals surface area contributed by atoms with E-state index in [1.54, 1.807) is 25.4 Å². The fraction of sp³-hybridized carbons (Fsp3) is 0.344. The van der Waals surface area contributed by atoms with Crippen molar-refractivity contribution in [3.8, 4) is 22.8 Å². The van der Waals surface area contributed by atoms with Crippen LogP contribution in [0.4, 0.5) is 17.3 Å². The van der Waals surface area contributed by atoms with E-state index in [9.17, 15) is 4.79 Å². The summed E-state index contributed by atoms with van der Waals surface area (Å²) in [6.45, 7) is 9.86. The number of aromatic nitrogens is 3. The molecule has 10 nitrogen and oxygen atoms in total. The fourth-order valence-electron chi connectivity index (χ4n) is 5.77. The fourth-order valence-corrected chi connectivity index (χ4v) is 5.96. The van der Waals surface area contributed by atoms with E-state index >= 15 is 0 Å². The molecule has 0 atom stereocenters. The topological polar surface area (TPSA) is 96.8 Å². The Balaban J connectivity index is 1.28. The van der Waals surface area contributed by atoms with Gasteiger partial charge in [-0.15, -0.1) is 0 Å². The first kappa shape index (κ1) is 29.0. The number of para-hydroxylation sites is 1. The minimum atomic E-state index is -0.349. The number of methoxy groups -OCH3 is 1. The highest BCUT2D eigenvalue weighted by Crippen LogP contribution is 2.40. The average Bonchev–Trinajstić information content (AvgIpc) is 3.40. The van der Waals surface area contributed by atoms with Gasteiger partial charge in [0.25, 0.3) is 0 Å². The monoisotopic (exact) mass is 601 g/mol. The number of benzene rings is 2. The van der Waals surface area contributed by atoms with Gasteiger partial charge in [0, 0.05) is 62.5 Å². The van der Waals surface area contributed by atoms with Crippen molar-refractivity contribution in [1.29, 1.82) is 0 Å². The van der Waals surface area contributed by atoms with Crippen LogP contribution in [0.2, 0.25) is 5.02 Å². The zero-order chi connectivity index (χ0) is 29.9. The summed E-state index contributed by atoms with van der Waals surface area (Å²) in [5.41, 5.74) is 5.22. The van der Waals surface area contributed by atoms with Crippen LogP contribution in [0.3, 0.4) is 0 Å². The number of carbonyl (C=O) groups excluding carboxylic acids is 1. The Hall–Kier alpha value is -4.12. The van der Waals surface area contributed by atoms with E-state index in [4.69, 9.17) is 26.1 Å². The second-order valence-electron chi connectivity index (χ2n) is 10.9. The van der Waals surface area contributed by atoms with Crippen molar-refractivity contribution in [3.05, 3.63) is 66.0 Å². The molecular formula is C32H36ClN7O3. The Bertz CT molecular complexity index is 1660. The third-order valence-corrected chi connectivity index (χ3v) is 8.36. The molecule has 0 bridgehead atoms. The van der Waals surface area contributed by atoms with Gasteiger partial charge in [0.1, 0.15) is 18.1 Å². The first-order valence-electron chi connectivity index (χ1n) is 14.5. The average molecular weight is 602 g/mol. The van der Waals surface area contributed by atoms with E-state index in [2.05, 4.69) is 68.0 Å². The van der Waals surface area contributed by atoms with Crippen LogP contribution in [0.25, 0.3) is 22.2 Å². The predicted molar refractivity (Wildman–Crippen MR) is 171 cm³/mol. The molecule has 0 unspecified atom stereocenters. The summed E-state index contributed by atoms with van der Waals surface area (Å²) < 4.78 is 14.2. The van der Waals surface area contributed by atoms with Gasteiger partial charge in [0.2, 0.25) is 11.9 Å². The summed E-state index contributed by atoms with van der Waals surface area (Å²) in [5.74, 6) is 1.00. The molecule has 11 heteroatoms. The van der Waals surface area contributed by atoms with Crippen LogP contribution in [0.15, 0.2) is 55.4 Å². The molecule has 0 aliphatic carbocycles. The number of carbonyl (C=O) groups is 1. The van der Waals surface area contributed by atoms with E-state index in [1.807, 2.05) is 0 Å². The second-order valence-corrected chi connectivity index (χ2v) is 11.3. The summed E-state index contributed by atoms with van der Waals surface area (Å²) in [6.07, 6.45) is 7.11. The Morgan fingerprint density at radius 1 is 1.14 bits per heavy atom. The van der Waals surface area contributed by atoms with E-state index in [1.165, 1.54) is 17.2 Å². The third-order valence-electron chi connectivity index (χ3n) is 8.08. The Morgan fingerprint density at radius 2 is 1.98 bits per heavy atom. The van der Waals surface area contributed by atoms with E-state index in [0.717, 1.165) is 63.1 Å². The van der Waals surface area contributed by atoms with Crippen LogP contribution in [0.1, 0.15) is 12.0 Å². The van der Waals surface area contributed by atoms with Crippen LogP contribution in [0.5, 0.6) is 11.5 Å². The number of nitrogens with one attached hydrogen (secondary N) is 2. The molecule has 1 fully saturated rings. The Labute approximate surface area is 256 Å². The molecule has 2 aliphatic rings. The molecular weight excluding hydrogens is 566 g/mol. The lowest BCUT2D eigenvalue weighted by atomic mass is 10.0. The van der Waals surface area contributed by atoms with Crippen molar-refractivity contribution in [2.24, 2.45) is 0 Å². The van der Waals surface area contributed by atoms with Gasteiger partial charge in [-0.25, -0.2) is 9.97 Å².